The van der Waals surface area contributed by atoms with Crippen LogP contribution in [0.15, 0.2) is 77.8 Å². The number of benzene rings is 3. The Morgan fingerprint density at radius 2 is 1.65 bits per heavy atom. The highest BCUT2D eigenvalue weighted by Crippen LogP contribution is 2.24. The van der Waals surface area contributed by atoms with Crippen LogP contribution in [0.25, 0.3) is 11.0 Å². The van der Waals surface area contributed by atoms with Crippen LogP contribution in [0.4, 0.5) is 11.4 Å². The molecule has 2 N–H and O–H groups in total. The minimum absolute atomic E-state index is 0.0800. The maximum atomic E-state index is 12.9. The normalized spacial score (nSPS) is 11.3. The van der Waals surface area contributed by atoms with Gasteiger partial charge in [0.1, 0.15) is 5.69 Å². The zero-order valence-electron chi connectivity index (χ0n) is 17.0. The van der Waals surface area contributed by atoms with Gasteiger partial charge in [0, 0.05) is 11.4 Å². The highest BCUT2D eigenvalue weighted by molar-refractivity contribution is 7.92. The molecule has 0 radical (unpaired) electrons. The number of aryl methyl sites for hydroxylation is 2. The first-order valence-corrected chi connectivity index (χ1v) is 11.0. The van der Waals surface area contributed by atoms with Crippen LogP contribution in [0.2, 0.25) is 0 Å². The monoisotopic (exact) mass is 432 g/mol. The molecular formula is C23H20N4O3S. The van der Waals surface area contributed by atoms with Gasteiger partial charge < -0.3 is 5.32 Å². The molecule has 0 aliphatic rings. The van der Waals surface area contributed by atoms with Crippen molar-refractivity contribution < 1.29 is 13.2 Å². The average molecular weight is 433 g/mol. The number of sulfonamides is 1. The number of nitrogens with zero attached hydrogens (tertiary/aromatic N) is 2. The molecule has 4 rings (SSSR count). The van der Waals surface area contributed by atoms with Crippen molar-refractivity contribution in [1.29, 1.82) is 0 Å². The SMILES string of the molecule is Cc1cccc(NS(=O)(=O)c2cc(NC(=O)c3cnc4ccccc4n3)ccc2C)c1. The molecule has 0 spiro atoms. The molecule has 156 valence electrons. The molecule has 8 heteroatoms. The highest BCUT2D eigenvalue weighted by atomic mass is 32.2. The van der Waals surface area contributed by atoms with Crippen molar-refractivity contribution in [3.63, 3.8) is 0 Å². The number of carbonyl (C=O) groups excluding carboxylic acids is 1. The summed E-state index contributed by atoms with van der Waals surface area (Å²) in [5.41, 5.74) is 3.74. The number of anilines is 2. The zero-order chi connectivity index (χ0) is 22.0. The zero-order valence-corrected chi connectivity index (χ0v) is 17.8. The molecule has 3 aromatic carbocycles. The minimum atomic E-state index is -3.84. The predicted octanol–water partition coefficient (Wildman–Crippen LogP) is 4.30. The number of hydrogen-bond acceptors (Lipinski definition) is 5. The Balaban J connectivity index is 1.60. The Labute approximate surface area is 180 Å². The molecular weight excluding hydrogens is 412 g/mol. The third kappa shape index (κ3) is 4.54. The molecule has 7 nitrogen and oxygen atoms in total. The van der Waals surface area contributed by atoms with Gasteiger partial charge in [-0.1, -0.05) is 30.3 Å². The Bertz CT molecular complexity index is 1400. The van der Waals surface area contributed by atoms with Crippen molar-refractivity contribution in [1.82, 2.24) is 9.97 Å². The van der Waals surface area contributed by atoms with Crippen molar-refractivity contribution in [2.45, 2.75) is 18.7 Å². The molecule has 0 aliphatic carbocycles. The van der Waals surface area contributed by atoms with Crippen LogP contribution < -0.4 is 10.0 Å². The van der Waals surface area contributed by atoms with Crippen LogP contribution in [-0.2, 0) is 10.0 Å². The first-order chi connectivity index (χ1) is 14.8. The van der Waals surface area contributed by atoms with Crippen LogP contribution in [0.3, 0.4) is 0 Å². The lowest BCUT2D eigenvalue weighted by atomic mass is 10.2. The summed E-state index contributed by atoms with van der Waals surface area (Å²) in [6.45, 7) is 3.58. The smallest absolute Gasteiger partial charge is 0.275 e. The van der Waals surface area contributed by atoms with Crippen molar-refractivity contribution in [2.24, 2.45) is 0 Å². The Morgan fingerprint density at radius 1 is 0.871 bits per heavy atom. The predicted molar refractivity (Wildman–Crippen MR) is 121 cm³/mol. The molecule has 0 unspecified atom stereocenters. The largest absolute Gasteiger partial charge is 0.321 e. The number of hydrogen-bond donors (Lipinski definition) is 2. The fourth-order valence-corrected chi connectivity index (χ4v) is 4.47. The summed E-state index contributed by atoms with van der Waals surface area (Å²) < 4.78 is 28.5. The van der Waals surface area contributed by atoms with Crippen LogP contribution in [0.1, 0.15) is 21.6 Å². The number of para-hydroxylation sites is 2. The van der Waals surface area contributed by atoms with E-state index in [1.807, 2.05) is 31.2 Å². The van der Waals surface area contributed by atoms with E-state index in [0.29, 0.717) is 28.0 Å². The highest BCUT2D eigenvalue weighted by Gasteiger charge is 2.19. The minimum Gasteiger partial charge on any atom is -0.321 e. The maximum absolute atomic E-state index is 12.9. The Morgan fingerprint density at radius 3 is 2.42 bits per heavy atom. The maximum Gasteiger partial charge on any atom is 0.275 e. The third-order valence-corrected chi connectivity index (χ3v) is 6.21. The molecule has 31 heavy (non-hydrogen) atoms. The summed E-state index contributed by atoms with van der Waals surface area (Å²) in [7, 11) is -3.84. The van der Waals surface area contributed by atoms with Gasteiger partial charge in [0.2, 0.25) is 0 Å². The second-order valence-corrected chi connectivity index (χ2v) is 8.80. The number of aromatic nitrogens is 2. The number of fused-ring (bicyclic) bond motifs is 1. The lowest BCUT2D eigenvalue weighted by Gasteiger charge is -2.13. The van der Waals surface area contributed by atoms with E-state index in [2.05, 4.69) is 20.0 Å². The number of carbonyl (C=O) groups is 1. The van der Waals surface area contributed by atoms with Gasteiger partial charge in [-0.05, 0) is 61.4 Å². The molecule has 0 saturated heterocycles. The molecule has 4 aromatic rings. The van der Waals surface area contributed by atoms with Crippen molar-refractivity contribution in [2.75, 3.05) is 10.0 Å². The molecule has 0 saturated carbocycles. The van der Waals surface area contributed by atoms with E-state index in [1.54, 1.807) is 43.3 Å². The van der Waals surface area contributed by atoms with Gasteiger partial charge in [0.25, 0.3) is 15.9 Å². The second-order valence-electron chi connectivity index (χ2n) is 7.15. The van der Waals surface area contributed by atoms with Gasteiger partial charge in [0.05, 0.1) is 22.1 Å². The van der Waals surface area contributed by atoms with E-state index >= 15 is 0 Å². The molecule has 1 amide bonds. The molecule has 0 fully saturated rings. The van der Waals surface area contributed by atoms with Gasteiger partial charge in [-0.15, -0.1) is 0 Å². The Hall–Kier alpha value is -3.78. The van der Waals surface area contributed by atoms with Crippen molar-refractivity contribution >= 4 is 38.3 Å². The van der Waals surface area contributed by atoms with Gasteiger partial charge >= 0.3 is 0 Å². The van der Waals surface area contributed by atoms with Crippen molar-refractivity contribution in [3.8, 4) is 0 Å². The van der Waals surface area contributed by atoms with Gasteiger partial charge in [-0.25, -0.2) is 13.4 Å². The van der Waals surface area contributed by atoms with E-state index < -0.39 is 15.9 Å². The second kappa shape index (κ2) is 8.16. The topological polar surface area (TPSA) is 101 Å². The standard InChI is InChI=1S/C23H20N4O3S/c1-15-6-5-7-18(12-15)27-31(29,30)22-13-17(11-10-16(22)2)25-23(28)21-14-24-19-8-3-4-9-20(19)26-21/h3-14,27H,1-2H3,(H,25,28). The molecule has 0 aliphatic heterocycles. The number of nitrogens with one attached hydrogen (secondary N) is 2. The Kier molecular flexibility index (Phi) is 5.39. The van der Waals surface area contributed by atoms with Crippen LogP contribution in [0.5, 0.6) is 0 Å². The van der Waals surface area contributed by atoms with Crippen molar-refractivity contribution in [3.05, 3.63) is 89.7 Å². The summed E-state index contributed by atoms with van der Waals surface area (Å²) in [5, 5.41) is 2.70. The average Bonchev–Trinajstić information content (AvgIpc) is 2.74. The number of amides is 1. The van der Waals surface area contributed by atoms with E-state index in [0.717, 1.165) is 5.56 Å². The van der Waals surface area contributed by atoms with Gasteiger partial charge in [0.15, 0.2) is 0 Å². The fraction of sp³-hybridized carbons (Fsp3) is 0.0870. The van der Waals surface area contributed by atoms with Gasteiger partial charge in [-0.2, -0.15) is 0 Å². The first-order valence-electron chi connectivity index (χ1n) is 9.55. The summed E-state index contributed by atoms with van der Waals surface area (Å²) in [4.78, 5) is 21.3. The van der Waals surface area contributed by atoms with Crippen LogP contribution in [-0.4, -0.2) is 24.3 Å². The lowest BCUT2D eigenvalue weighted by Crippen LogP contribution is -2.17. The summed E-state index contributed by atoms with van der Waals surface area (Å²) in [5.74, 6) is -0.475. The third-order valence-electron chi connectivity index (χ3n) is 4.69. The lowest BCUT2D eigenvalue weighted by molar-refractivity contribution is 0.102. The summed E-state index contributed by atoms with van der Waals surface area (Å²) >= 11 is 0. The van der Waals surface area contributed by atoms with Gasteiger partial charge in [-0.3, -0.25) is 14.5 Å². The quantitative estimate of drug-likeness (QED) is 0.490. The molecule has 0 bridgehead atoms. The summed E-state index contributed by atoms with van der Waals surface area (Å²) in [6.07, 6.45) is 1.39. The number of rotatable bonds is 5. The molecule has 1 heterocycles. The molecule has 1 aromatic heterocycles. The van der Waals surface area contributed by atoms with Crippen LogP contribution >= 0.6 is 0 Å². The van der Waals surface area contributed by atoms with E-state index in [-0.39, 0.29) is 10.6 Å². The van der Waals surface area contributed by atoms with E-state index in [1.165, 1.54) is 12.3 Å². The van der Waals surface area contributed by atoms with E-state index in [4.69, 9.17) is 0 Å². The molecule has 0 atom stereocenters. The summed E-state index contributed by atoms with van der Waals surface area (Å²) in [6, 6.07) is 19.1. The first kappa shape index (κ1) is 20.5. The fourth-order valence-electron chi connectivity index (χ4n) is 3.15. The van der Waals surface area contributed by atoms with E-state index in [9.17, 15) is 13.2 Å². The van der Waals surface area contributed by atoms with Crippen LogP contribution in [0, 0.1) is 13.8 Å².